The summed E-state index contributed by atoms with van der Waals surface area (Å²) in [5.41, 5.74) is 5.76. The van der Waals surface area contributed by atoms with E-state index in [4.69, 9.17) is 10.5 Å². The van der Waals surface area contributed by atoms with Gasteiger partial charge in [-0.3, -0.25) is 0 Å². The molecule has 0 amide bonds. The van der Waals surface area contributed by atoms with Gasteiger partial charge in [-0.1, -0.05) is 6.07 Å². The van der Waals surface area contributed by atoms with Crippen LogP contribution in [0.15, 0.2) is 18.3 Å². The van der Waals surface area contributed by atoms with Gasteiger partial charge in [0.25, 0.3) is 0 Å². The number of hydrogen-bond donors (Lipinski definition) is 1. The van der Waals surface area contributed by atoms with Crippen molar-refractivity contribution in [3.63, 3.8) is 0 Å². The van der Waals surface area contributed by atoms with Gasteiger partial charge in [-0.25, -0.2) is 13.8 Å². The van der Waals surface area contributed by atoms with Crippen molar-refractivity contribution in [2.75, 3.05) is 13.7 Å². The van der Waals surface area contributed by atoms with Gasteiger partial charge >= 0.3 is 0 Å². The Morgan fingerprint density at radius 1 is 1.44 bits per heavy atom. The molecule has 0 unspecified atom stereocenters. The van der Waals surface area contributed by atoms with Crippen molar-refractivity contribution < 1.29 is 13.5 Å². The SMILES string of the molecule is COc1ccc(C2(CN)CC(F)(F)C2)cn1. The molecule has 2 N–H and O–H groups in total. The van der Waals surface area contributed by atoms with Crippen LogP contribution in [0.3, 0.4) is 0 Å². The van der Waals surface area contributed by atoms with E-state index in [1.54, 1.807) is 18.3 Å². The van der Waals surface area contributed by atoms with Crippen molar-refractivity contribution in [2.45, 2.75) is 24.2 Å². The van der Waals surface area contributed by atoms with E-state index in [9.17, 15) is 8.78 Å². The molecule has 1 aromatic heterocycles. The zero-order valence-corrected chi connectivity index (χ0v) is 9.04. The third-order valence-corrected chi connectivity index (χ3v) is 3.14. The maximum atomic E-state index is 13.0. The Morgan fingerprint density at radius 2 is 2.12 bits per heavy atom. The minimum Gasteiger partial charge on any atom is -0.481 e. The average molecular weight is 228 g/mol. The average Bonchev–Trinajstić information content (AvgIpc) is 2.25. The lowest BCUT2D eigenvalue weighted by molar-refractivity contribution is -0.123. The summed E-state index contributed by atoms with van der Waals surface area (Å²) in [6.45, 7) is 0.219. The summed E-state index contributed by atoms with van der Waals surface area (Å²) in [7, 11) is 1.51. The number of aromatic nitrogens is 1. The van der Waals surface area contributed by atoms with Crippen LogP contribution in [0.5, 0.6) is 5.88 Å². The normalized spacial score (nSPS) is 21.2. The van der Waals surface area contributed by atoms with E-state index < -0.39 is 11.3 Å². The van der Waals surface area contributed by atoms with Crippen LogP contribution in [0.1, 0.15) is 18.4 Å². The second-order valence-corrected chi connectivity index (χ2v) is 4.28. The Bertz CT molecular complexity index is 370. The molecule has 0 radical (unpaired) electrons. The number of alkyl halides is 2. The van der Waals surface area contributed by atoms with Crippen LogP contribution in [-0.4, -0.2) is 24.6 Å². The predicted molar refractivity (Wildman–Crippen MR) is 55.7 cm³/mol. The van der Waals surface area contributed by atoms with Gasteiger partial charge in [-0.05, 0) is 5.56 Å². The Morgan fingerprint density at radius 3 is 2.50 bits per heavy atom. The summed E-state index contributed by atoms with van der Waals surface area (Å²) in [6.07, 6.45) is 1.19. The van der Waals surface area contributed by atoms with Crippen molar-refractivity contribution in [3.8, 4) is 5.88 Å². The smallest absolute Gasteiger partial charge is 0.250 e. The lowest BCUT2D eigenvalue weighted by Crippen LogP contribution is -2.53. The van der Waals surface area contributed by atoms with Crippen molar-refractivity contribution >= 4 is 0 Å². The molecule has 0 aromatic carbocycles. The molecule has 16 heavy (non-hydrogen) atoms. The van der Waals surface area contributed by atoms with E-state index in [1.165, 1.54) is 7.11 Å². The molecule has 3 nitrogen and oxygen atoms in total. The van der Waals surface area contributed by atoms with Crippen LogP contribution in [-0.2, 0) is 5.41 Å². The summed E-state index contributed by atoms with van der Waals surface area (Å²) in [6, 6.07) is 3.43. The number of halogens is 2. The Kier molecular flexibility index (Phi) is 2.58. The van der Waals surface area contributed by atoms with E-state index in [1.807, 2.05) is 0 Å². The van der Waals surface area contributed by atoms with E-state index in [-0.39, 0.29) is 19.4 Å². The van der Waals surface area contributed by atoms with Gasteiger partial charge in [-0.2, -0.15) is 0 Å². The molecule has 0 atom stereocenters. The molecular weight excluding hydrogens is 214 g/mol. The standard InChI is InChI=1S/C11H14F2N2O/c1-16-9-3-2-8(4-15-9)10(7-14)5-11(12,13)6-10/h2-4H,5-7,14H2,1H3. The van der Waals surface area contributed by atoms with E-state index in [0.29, 0.717) is 5.88 Å². The van der Waals surface area contributed by atoms with Crippen molar-refractivity contribution in [2.24, 2.45) is 5.73 Å². The molecule has 1 fully saturated rings. The molecule has 1 aliphatic rings. The topological polar surface area (TPSA) is 48.1 Å². The van der Waals surface area contributed by atoms with Gasteiger partial charge in [0.1, 0.15) is 0 Å². The first kappa shape index (κ1) is 11.3. The molecule has 1 aliphatic carbocycles. The summed E-state index contributed by atoms with van der Waals surface area (Å²) in [5.74, 6) is -2.11. The fourth-order valence-corrected chi connectivity index (χ4v) is 2.22. The largest absolute Gasteiger partial charge is 0.481 e. The van der Waals surface area contributed by atoms with Crippen molar-refractivity contribution in [3.05, 3.63) is 23.9 Å². The highest BCUT2D eigenvalue weighted by molar-refractivity contribution is 5.31. The fourth-order valence-electron chi connectivity index (χ4n) is 2.22. The quantitative estimate of drug-likeness (QED) is 0.856. The number of methoxy groups -OCH3 is 1. The maximum Gasteiger partial charge on any atom is 0.250 e. The first-order chi connectivity index (χ1) is 7.51. The lowest BCUT2D eigenvalue weighted by Gasteiger charge is -2.46. The molecule has 88 valence electrons. The fraction of sp³-hybridized carbons (Fsp3) is 0.545. The number of rotatable bonds is 3. The number of nitrogens with two attached hydrogens (primary N) is 1. The summed E-state index contributed by atoms with van der Waals surface area (Å²) >= 11 is 0. The van der Waals surface area contributed by atoms with Crippen molar-refractivity contribution in [1.29, 1.82) is 0 Å². The first-order valence-electron chi connectivity index (χ1n) is 5.10. The molecule has 1 heterocycles. The molecule has 0 spiro atoms. The molecule has 1 aromatic rings. The predicted octanol–water partition coefficient (Wildman–Crippen LogP) is 1.72. The molecule has 2 rings (SSSR count). The lowest BCUT2D eigenvalue weighted by atomic mass is 9.62. The van der Waals surface area contributed by atoms with Crippen LogP contribution in [0, 0.1) is 0 Å². The van der Waals surface area contributed by atoms with E-state index >= 15 is 0 Å². The minimum absolute atomic E-state index is 0.190. The molecular formula is C11H14F2N2O. The van der Waals surface area contributed by atoms with Crippen molar-refractivity contribution in [1.82, 2.24) is 4.98 Å². The zero-order chi connectivity index (χ0) is 11.8. The van der Waals surface area contributed by atoms with Gasteiger partial charge in [0.05, 0.1) is 7.11 Å². The summed E-state index contributed by atoms with van der Waals surface area (Å²) in [5, 5.41) is 0. The highest BCUT2D eigenvalue weighted by atomic mass is 19.3. The summed E-state index contributed by atoms with van der Waals surface area (Å²) < 4.78 is 30.8. The van der Waals surface area contributed by atoms with Gasteiger partial charge < -0.3 is 10.5 Å². The second-order valence-electron chi connectivity index (χ2n) is 4.28. The van der Waals surface area contributed by atoms with Crippen LogP contribution < -0.4 is 10.5 Å². The second kappa shape index (κ2) is 3.66. The Balaban J connectivity index is 2.22. The van der Waals surface area contributed by atoms with E-state index in [0.717, 1.165) is 5.56 Å². The third kappa shape index (κ3) is 1.75. The molecule has 0 bridgehead atoms. The van der Waals surface area contributed by atoms with Crippen LogP contribution >= 0.6 is 0 Å². The minimum atomic E-state index is -2.58. The van der Waals surface area contributed by atoms with Gasteiger partial charge in [-0.15, -0.1) is 0 Å². The monoisotopic (exact) mass is 228 g/mol. The van der Waals surface area contributed by atoms with Crippen LogP contribution in [0.25, 0.3) is 0 Å². The van der Waals surface area contributed by atoms with Crippen LogP contribution in [0.4, 0.5) is 8.78 Å². The van der Waals surface area contributed by atoms with E-state index in [2.05, 4.69) is 4.98 Å². The van der Waals surface area contributed by atoms with Gasteiger partial charge in [0, 0.05) is 37.1 Å². The third-order valence-electron chi connectivity index (χ3n) is 3.14. The first-order valence-corrected chi connectivity index (χ1v) is 5.10. The highest BCUT2D eigenvalue weighted by Gasteiger charge is 2.56. The molecule has 0 aliphatic heterocycles. The zero-order valence-electron chi connectivity index (χ0n) is 9.04. The number of hydrogen-bond acceptors (Lipinski definition) is 3. The number of ether oxygens (including phenoxy) is 1. The molecule has 5 heteroatoms. The van der Waals surface area contributed by atoms with Gasteiger partial charge in [0.15, 0.2) is 0 Å². The highest BCUT2D eigenvalue weighted by Crippen LogP contribution is 2.52. The summed E-state index contributed by atoms with van der Waals surface area (Å²) in [4.78, 5) is 4.02. The Hall–Kier alpha value is -1.23. The molecule has 0 saturated heterocycles. The number of nitrogens with zero attached hydrogens (tertiary/aromatic N) is 1. The number of pyridine rings is 1. The maximum absolute atomic E-state index is 13.0. The van der Waals surface area contributed by atoms with Crippen LogP contribution in [0.2, 0.25) is 0 Å². The molecule has 1 saturated carbocycles. The van der Waals surface area contributed by atoms with Gasteiger partial charge in [0.2, 0.25) is 11.8 Å². The Labute approximate surface area is 92.6 Å².